The van der Waals surface area contributed by atoms with Crippen LogP contribution in [-0.2, 0) is 0 Å². The molecule has 6 nitrogen and oxygen atoms in total. The summed E-state index contributed by atoms with van der Waals surface area (Å²) < 4.78 is 9.83. The lowest BCUT2D eigenvalue weighted by Gasteiger charge is -2.18. The molecular weight excluding hydrogens is 973 g/mol. The number of para-hydroxylation sites is 6. The van der Waals surface area contributed by atoms with Crippen LogP contribution in [0.3, 0.4) is 0 Å². The molecule has 6 heteroatoms. The van der Waals surface area contributed by atoms with Crippen molar-refractivity contribution in [3.63, 3.8) is 0 Å². The highest BCUT2D eigenvalue weighted by molar-refractivity contribution is 6.18. The van der Waals surface area contributed by atoms with Gasteiger partial charge in [0.05, 0.1) is 55.5 Å². The topological polar surface area (TPSA) is 45.5 Å². The molecule has 0 bridgehead atoms. The molecule has 0 fully saturated rings. The van der Waals surface area contributed by atoms with Crippen molar-refractivity contribution >= 4 is 98.0 Å². The normalized spacial score (nSPS) is 12.2. The summed E-state index contributed by atoms with van der Waals surface area (Å²) in [5, 5.41) is 12.1. The van der Waals surface area contributed by atoms with Crippen LogP contribution in [0.15, 0.2) is 267 Å². The minimum atomic E-state index is 0.691. The van der Waals surface area contributed by atoms with E-state index in [1.807, 2.05) is 0 Å². The standard InChI is InChI=1S/C74H44N6/c1-2-18-46(19-3-1)74-75-72(71-60-28-16-20-45-21-17-29-61(70(45)60)73(71)76-74)47-40-50(79-66-34-14-8-26-56(66)58-38-36-48(43-68(58)79)77-62-30-10-4-22-52(62)53-23-5-11-31-63(53)77)42-51(41-47)80-67-35-15-9-27-57(67)59-39-37-49(44-69(59)80)78-64-32-12-6-24-54(64)55-25-7-13-33-65(55)78/h1-44H. The van der Waals surface area contributed by atoms with Crippen LogP contribution in [-0.4, -0.2) is 28.2 Å². The molecule has 0 unspecified atom stereocenters. The minimum absolute atomic E-state index is 0.691. The van der Waals surface area contributed by atoms with E-state index in [4.69, 9.17) is 9.97 Å². The van der Waals surface area contributed by atoms with Gasteiger partial charge in [0, 0.05) is 88.1 Å². The molecule has 5 heterocycles. The van der Waals surface area contributed by atoms with Gasteiger partial charge in [-0.3, -0.25) is 0 Å². The van der Waals surface area contributed by atoms with Crippen molar-refractivity contribution in [1.82, 2.24) is 28.2 Å². The number of aromatic nitrogens is 6. The summed E-state index contributed by atoms with van der Waals surface area (Å²) >= 11 is 0. The van der Waals surface area contributed by atoms with Crippen LogP contribution in [0.25, 0.3) is 166 Å². The summed E-state index contributed by atoms with van der Waals surface area (Å²) in [4.78, 5) is 11.2. The molecule has 1 aliphatic carbocycles. The zero-order valence-corrected chi connectivity index (χ0v) is 43.1. The summed E-state index contributed by atoms with van der Waals surface area (Å²) in [6.07, 6.45) is 0. The third-order valence-corrected chi connectivity index (χ3v) is 17.1. The van der Waals surface area contributed by atoms with E-state index in [2.05, 4.69) is 285 Å². The van der Waals surface area contributed by atoms with Crippen LogP contribution in [0.2, 0.25) is 0 Å². The molecule has 0 saturated carbocycles. The SMILES string of the molecule is c1ccc(-c2nc(-c3cc(-n4c5ccccc5c5ccc(-n6c7ccccc7c7ccccc76)cc54)cc(-n4c5ccccc5c5ccc(-n6c7ccccc7c7ccccc76)cc54)c3)c3c(n2)-c2cccc4cccc-3c24)cc1. The van der Waals surface area contributed by atoms with Gasteiger partial charge in [0.1, 0.15) is 0 Å². The van der Waals surface area contributed by atoms with Gasteiger partial charge in [-0.1, -0.05) is 188 Å². The third-order valence-electron chi connectivity index (χ3n) is 17.1. The summed E-state index contributed by atoms with van der Waals surface area (Å²) in [6, 6.07) is 97.7. The highest BCUT2D eigenvalue weighted by Gasteiger charge is 2.30. The van der Waals surface area contributed by atoms with Crippen LogP contribution in [0.5, 0.6) is 0 Å². The first-order chi connectivity index (χ1) is 39.7. The molecule has 5 aromatic heterocycles. The fourth-order valence-electron chi connectivity index (χ4n) is 13.7. The van der Waals surface area contributed by atoms with Gasteiger partial charge in [-0.25, -0.2) is 9.97 Å². The predicted molar refractivity (Wildman–Crippen MR) is 332 cm³/mol. The van der Waals surface area contributed by atoms with Crippen molar-refractivity contribution < 1.29 is 0 Å². The third kappa shape index (κ3) is 6.01. The smallest absolute Gasteiger partial charge is 0.160 e. The molecule has 80 heavy (non-hydrogen) atoms. The van der Waals surface area contributed by atoms with Crippen molar-refractivity contribution in [2.24, 2.45) is 0 Å². The Morgan fingerprint density at radius 1 is 0.237 bits per heavy atom. The second kappa shape index (κ2) is 16.4. The number of rotatable bonds is 6. The van der Waals surface area contributed by atoms with Gasteiger partial charge in [0.15, 0.2) is 5.82 Å². The molecule has 12 aromatic carbocycles. The van der Waals surface area contributed by atoms with E-state index in [1.165, 1.54) is 75.9 Å². The van der Waals surface area contributed by atoms with Crippen LogP contribution >= 0.6 is 0 Å². The van der Waals surface area contributed by atoms with E-state index < -0.39 is 0 Å². The molecule has 0 amide bonds. The average Bonchev–Trinajstić information content (AvgIpc) is 4.51. The Morgan fingerprint density at radius 2 is 0.613 bits per heavy atom. The Bertz CT molecular complexity index is 5130. The monoisotopic (exact) mass is 1020 g/mol. The quantitative estimate of drug-likeness (QED) is 0.167. The van der Waals surface area contributed by atoms with Crippen molar-refractivity contribution in [3.05, 3.63) is 267 Å². The number of hydrogen-bond donors (Lipinski definition) is 0. The minimum Gasteiger partial charge on any atom is -0.309 e. The lowest BCUT2D eigenvalue weighted by Crippen LogP contribution is -2.03. The lowest BCUT2D eigenvalue weighted by atomic mass is 9.98. The summed E-state index contributed by atoms with van der Waals surface area (Å²) in [5.74, 6) is 0.691. The van der Waals surface area contributed by atoms with Crippen molar-refractivity contribution in [1.29, 1.82) is 0 Å². The van der Waals surface area contributed by atoms with Gasteiger partial charge in [-0.2, -0.15) is 0 Å². The van der Waals surface area contributed by atoms with E-state index in [0.29, 0.717) is 5.82 Å². The van der Waals surface area contributed by atoms with Crippen LogP contribution in [0.4, 0.5) is 0 Å². The molecular formula is C74H44N6. The first-order valence-electron chi connectivity index (χ1n) is 27.4. The molecule has 0 saturated heterocycles. The zero-order valence-electron chi connectivity index (χ0n) is 43.1. The van der Waals surface area contributed by atoms with Gasteiger partial charge in [0.2, 0.25) is 0 Å². The van der Waals surface area contributed by atoms with Gasteiger partial charge >= 0.3 is 0 Å². The molecule has 18 rings (SSSR count). The van der Waals surface area contributed by atoms with Crippen molar-refractivity contribution in [2.45, 2.75) is 0 Å². The average molecular weight is 1020 g/mol. The van der Waals surface area contributed by atoms with Gasteiger partial charge in [-0.15, -0.1) is 0 Å². The van der Waals surface area contributed by atoms with Gasteiger partial charge in [-0.05, 0) is 95.2 Å². The first kappa shape index (κ1) is 43.3. The molecule has 370 valence electrons. The molecule has 17 aromatic rings. The summed E-state index contributed by atoms with van der Waals surface area (Å²) in [7, 11) is 0. The number of nitrogens with zero attached hydrogens (tertiary/aromatic N) is 6. The van der Waals surface area contributed by atoms with E-state index in [9.17, 15) is 0 Å². The molecule has 1 aliphatic rings. The van der Waals surface area contributed by atoms with E-state index in [1.54, 1.807) is 0 Å². The van der Waals surface area contributed by atoms with Gasteiger partial charge < -0.3 is 18.3 Å². The van der Waals surface area contributed by atoms with Gasteiger partial charge in [0.25, 0.3) is 0 Å². The number of hydrogen-bond acceptors (Lipinski definition) is 2. The first-order valence-corrected chi connectivity index (χ1v) is 27.4. The Labute approximate surface area is 458 Å². The van der Waals surface area contributed by atoms with Crippen molar-refractivity contribution in [3.8, 4) is 67.8 Å². The molecule has 0 atom stereocenters. The lowest BCUT2D eigenvalue weighted by molar-refractivity contribution is 1.12. The fraction of sp³-hybridized carbons (Fsp3) is 0. The Balaban J connectivity index is 0.968. The zero-order chi connectivity index (χ0) is 52.2. The van der Waals surface area contributed by atoms with Crippen LogP contribution in [0, 0.1) is 0 Å². The highest BCUT2D eigenvalue weighted by Crippen LogP contribution is 2.51. The predicted octanol–water partition coefficient (Wildman–Crippen LogP) is 19.0. The second-order valence-corrected chi connectivity index (χ2v) is 21.3. The molecule has 0 radical (unpaired) electrons. The number of benzene rings is 12. The fourth-order valence-corrected chi connectivity index (χ4v) is 13.7. The Kier molecular flexibility index (Phi) is 8.85. The van der Waals surface area contributed by atoms with E-state index in [0.717, 1.165) is 84.0 Å². The largest absolute Gasteiger partial charge is 0.309 e. The van der Waals surface area contributed by atoms with E-state index in [-0.39, 0.29) is 0 Å². The van der Waals surface area contributed by atoms with E-state index >= 15 is 0 Å². The maximum Gasteiger partial charge on any atom is 0.160 e. The Morgan fingerprint density at radius 3 is 1.06 bits per heavy atom. The maximum atomic E-state index is 5.72. The van der Waals surface area contributed by atoms with Crippen molar-refractivity contribution in [2.75, 3.05) is 0 Å². The Hall–Kier alpha value is -10.8. The summed E-state index contributed by atoms with van der Waals surface area (Å²) in [6.45, 7) is 0. The molecule has 0 spiro atoms. The number of fused-ring (bicyclic) bond motifs is 15. The second-order valence-electron chi connectivity index (χ2n) is 21.3. The van der Waals surface area contributed by atoms with Crippen LogP contribution < -0.4 is 0 Å². The maximum absolute atomic E-state index is 5.72. The summed E-state index contributed by atoms with van der Waals surface area (Å²) in [5.41, 5.74) is 20.5. The molecule has 0 aliphatic heterocycles. The molecule has 0 N–H and O–H groups in total. The van der Waals surface area contributed by atoms with Crippen LogP contribution in [0.1, 0.15) is 0 Å². The highest BCUT2D eigenvalue weighted by atomic mass is 15.0.